The summed E-state index contributed by atoms with van der Waals surface area (Å²) in [6, 6.07) is 0. The summed E-state index contributed by atoms with van der Waals surface area (Å²) in [5.41, 5.74) is 3.89. The Morgan fingerprint density at radius 1 is 1.17 bits per heavy atom. The van der Waals surface area contributed by atoms with Crippen molar-refractivity contribution in [2.45, 2.75) is 78.2 Å². The van der Waals surface area contributed by atoms with Crippen LogP contribution in [0.1, 0.15) is 72.1 Å². The van der Waals surface area contributed by atoms with Crippen molar-refractivity contribution in [2.75, 3.05) is 0 Å². The van der Waals surface area contributed by atoms with Crippen molar-refractivity contribution >= 4 is 0 Å². The van der Waals surface area contributed by atoms with Crippen LogP contribution in [0.15, 0.2) is 36.0 Å². The van der Waals surface area contributed by atoms with E-state index in [-0.39, 0.29) is 6.10 Å². The van der Waals surface area contributed by atoms with Crippen molar-refractivity contribution in [3.63, 3.8) is 0 Å². The Bertz CT molecular complexity index is 528. The van der Waals surface area contributed by atoms with Crippen LogP contribution in [-0.4, -0.2) is 11.2 Å². The number of allylic oxidation sites excluding steroid dienone is 4. The molecule has 3 fully saturated rings. The number of aliphatic hydroxyl groups is 1. The van der Waals surface area contributed by atoms with Gasteiger partial charge in [-0.15, -0.1) is 6.58 Å². The van der Waals surface area contributed by atoms with Gasteiger partial charge in [-0.05, 0) is 94.3 Å². The van der Waals surface area contributed by atoms with Crippen LogP contribution in [0.5, 0.6) is 0 Å². The van der Waals surface area contributed by atoms with Gasteiger partial charge in [0.2, 0.25) is 0 Å². The Hall–Kier alpha value is -0.820. The predicted octanol–water partition coefficient (Wildman–Crippen LogP) is 6.06. The Morgan fingerprint density at radius 2 is 1.96 bits per heavy atom. The molecule has 1 heteroatoms. The van der Waals surface area contributed by atoms with Gasteiger partial charge < -0.3 is 5.11 Å². The zero-order valence-corrected chi connectivity index (χ0v) is 15.9. The molecule has 0 aromatic rings. The van der Waals surface area contributed by atoms with E-state index < -0.39 is 0 Å². The molecule has 5 unspecified atom stereocenters. The Morgan fingerprint density at radius 3 is 2.62 bits per heavy atom. The van der Waals surface area contributed by atoms with Gasteiger partial charge in [-0.1, -0.05) is 36.3 Å². The summed E-state index contributed by atoms with van der Waals surface area (Å²) >= 11 is 0. The SMILES string of the molecule is C=CC(O)CCC1/C(=C/C)CCC2C1CC[C@@]1(C)/C(=C/C)CCC21. The Balaban J connectivity index is 1.81. The molecule has 134 valence electrons. The zero-order valence-electron chi connectivity index (χ0n) is 15.9. The lowest BCUT2D eigenvalue weighted by Crippen LogP contribution is -2.44. The molecule has 3 saturated carbocycles. The molecule has 3 aliphatic rings. The average Bonchev–Trinajstić information content (AvgIpc) is 2.95. The molecule has 3 aliphatic carbocycles. The van der Waals surface area contributed by atoms with Crippen LogP contribution in [0.4, 0.5) is 0 Å². The summed E-state index contributed by atoms with van der Waals surface area (Å²) in [6.07, 6.45) is 16.3. The van der Waals surface area contributed by atoms with E-state index >= 15 is 0 Å². The lowest BCUT2D eigenvalue weighted by Gasteiger charge is -2.52. The third-order valence-electron chi connectivity index (χ3n) is 7.86. The maximum absolute atomic E-state index is 9.96. The molecule has 0 spiro atoms. The highest BCUT2D eigenvalue weighted by molar-refractivity contribution is 5.24. The highest BCUT2D eigenvalue weighted by Crippen LogP contribution is 2.63. The lowest BCUT2D eigenvalue weighted by atomic mass is 9.52. The first-order valence-corrected chi connectivity index (χ1v) is 10.2. The second-order valence-electron chi connectivity index (χ2n) is 8.63. The third kappa shape index (κ3) is 2.94. The van der Waals surface area contributed by atoms with E-state index in [1.54, 1.807) is 17.2 Å². The number of rotatable bonds is 4. The Labute approximate surface area is 148 Å². The molecule has 3 rings (SSSR count). The predicted molar refractivity (Wildman–Crippen MR) is 103 cm³/mol. The second kappa shape index (κ2) is 7.20. The molecule has 0 amide bonds. The fraction of sp³-hybridized carbons (Fsp3) is 0.739. The quantitative estimate of drug-likeness (QED) is 0.622. The summed E-state index contributed by atoms with van der Waals surface area (Å²) in [5.74, 6) is 3.34. The van der Waals surface area contributed by atoms with Gasteiger partial charge in [0.25, 0.3) is 0 Å². The number of hydrogen-bond donors (Lipinski definition) is 1. The van der Waals surface area contributed by atoms with Crippen LogP contribution in [-0.2, 0) is 0 Å². The Kier molecular flexibility index (Phi) is 5.39. The van der Waals surface area contributed by atoms with Crippen molar-refractivity contribution in [2.24, 2.45) is 29.1 Å². The van der Waals surface area contributed by atoms with Crippen LogP contribution in [0.3, 0.4) is 0 Å². The van der Waals surface area contributed by atoms with E-state index in [1.165, 1.54) is 38.5 Å². The molecule has 1 N–H and O–H groups in total. The molecule has 0 radical (unpaired) electrons. The van der Waals surface area contributed by atoms with E-state index in [9.17, 15) is 5.11 Å². The van der Waals surface area contributed by atoms with Gasteiger partial charge in [0.1, 0.15) is 0 Å². The highest BCUT2D eigenvalue weighted by Gasteiger charge is 2.53. The van der Waals surface area contributed by atoms with Gasteiger partial charge in [0, 0.05) is 0 Å². The van der Waals surface area contributed by atoms with Crippen LogP contribution >= 0.6 is 0 Å². The molecule has 0 bridgehead atoms. The fourth-order valence-electron chi connectivity index (χ4n) is 6.57. The van der Waals surface area contributed by atoms with Gasteiger partial charge in [0.15, 0.2) is 0 Å². The van der Waals surface area contributed by atoms with Gasteiger partial charge >= 0.3 is 0 Å². The number of aliphatic hydroxyl groups excluding tert-OH is 1. The minimum Gasteiger partial charge on any atom is -0.389 e. The summed E-state index contributed by atoms with van der Waals surface area (Å²) in [4.78, 5) is 0. The van der Waals surface area contributed by atoms with E-state index in [0.29, 0.717) is 11.3 Å². The van der Waals surface area contributed by atoms with Crippen molar-refractivity contribution in [1.29, 1.82) is 0 Å². The highest BCUT2D eigenvalue weighted by atomic mass is 16.3. The monoisotopic (exact) mass is 328 g/mol. The maximum Gasteiger partial charge on any atom is 0.0718 e. The molecular weight excluding hydrogens is 292 g/mol. The summed E-state index contributed by atoms with van der Waals surface area (Å²) in [6.45, 7) is 10.8. The second-order valence-corrected chi connectivity index (χ2v) is 8.63. The van der Waals surface area contributed by atoms with Gasteiger partial charge in [0.05, 0.1) is 6.10 Å². The summed E-state index contributed by atoms with van der Waals surface area (Å²) in [7, 11) is 0. The molecule has 0 aromatic heterocycles. The van der Waals surface area contributed by atoms with Crippen LogP contribution in [0, 0.1) is 29.1 Å². The molecule has 6 atom stereocenters. The zero-order chi connectivity index (χ0) is 17.3. The average molecular weight is 329 g/mol. The van der Waals surface area contributed by atoms with Gasteiger partial charge in [-0.3, -0.25) is 0 Å². The minimum absolute atomic E-state index is 0.335. The van der Waals surface area contributed by atoms with Crippen molar-refractivity contribution in [1.82, 2.24) is 0 Å². The largest absolute Gasteiger partial charge is 0.389 e. The molecule has 1 nitrogen and oxygen atoms in total. The fourth-order valence-corrected chi connectivity index (χ4v) is 6.57. The first-order chi connectivity index (χ1) is 11.5. The first kappa shape index (κ1) is 18.0. The maximum atomic E-state index is 9.96. The van der Waals surface area contributed by atoms with Crippen LogP contribution < -0.4 is 0 Å². The molecule has 0 heterocycles. The standard InChI is InChI=1S/C23H36O/c1-5-16-8-11-21-20(19(16)12-10-18(24)7-3)14-15-23(4)17(6-2)9-13-22(21)23/h5-7,18-22,24H,3,8-15H2,1-2,4H3/b16-5+,17-6+/t18?,19?,20?,21?,22?,23-/m0/s1. The topological polar surface area (TPSA) is 20.2 Å². The van der Waals surface area contributed by atoms with E-state index in [0.717, 1.165) is 30.6 Å². The third-order valence-corrected chi connectivity index (χ3v) is 7.86. The molecule has 0 aliphatic heterocycles. The number of fused-ring (bicyclic) bond motifs is 3. The molecule has 0 saturated heterocycles. The smallest absolute Gasteiger partial charge is 0.0718 e. The molecular formula is C23H36O. The van der Waals surface area contributed by atoms with E-state index in [1.807, 2.05) is 0 Å². The van der Waals surface area contributed by atoms with Gasteiger partial charge in [-0.25, -0.2) is 0 Å². The van der Waals surface area contributed by atoms with Crippen molar-refractivity contribution in [3.8, 4) is 0 Å². The summed E-state index contributed by atoms with van der Waals surface area (Å²) < 4.78 is 0. The normalized spacial score (nSPS) is 43.5. The minimum atomic E-state index is -0.335. The van der Waals surface area contributed by atoms with Gasteiger partial charge in [-0.2, -0.15) is 0 Å². The van der Waals surface area contributed by atoms with E-state index in [2.05, 4.69) is 39.5 Å². The summed E-state index contributed by atoms with van der Waals surface area (Å²) in [5, 5.41) is 9.96. The van der Waals surface area contributed by atoms with E-state index in [4.69, 9.17) is 0 Å². The molecule has 0 aromatic carbocycles. The lowest BCUT2D eigenvalue weighted by molar-refractivity contribution is 0.0124. The van der Waals surface area contributed by atoms with Crippen LogP contribution in [0.2, 0.25) is 0 Å². The van der Waals surface area contributed by atoms with Crippen LogP contribution in [0.25, 0.3) is 0 Å². The number of hydrogen-bond acceptors (Lipinski definition) is 1. The van der Waals surface area contributed by atoms with Crippen molar-refractivity contribution < 1.29 is 5.11 Å². The first-order valence-electron chi connectivity index (χ1n) is 10.2. The molecule has 24 heavy (non-hydrogen) atoms. The van der Waals surface area contributed by atoms with Crippen molar-refractivity contribution in [3.05, 3.63) is 36.0 Å².